The van der Waals surface area contributed by atoms with Crippen LogP contribution in [0.3, 0.4) is 0 Å². The van der Waals surface area contributed by atoms with Crippen LogP contribution in [0.5, 0.6) is 0 Å². The molecule has 1 aromatic rings. The van der Waals surface area contributed by atoms with Crippen LogP contribution >= 0.6 is 0 Å². The molecule has 84 valence electrons. The number of nitrogens with zero attached hydrogens (tertiary/aromatic N) is 2. The Hall–Kier alpha value is -1.36. The van der Waals surface area contributed by atoms with Gasteiger partial charge in [-0.05, 0) is 26.7 Å². The molecule has 1 rings (SSSR count). The van der Waals surface area contributed by atoms with Gasteiger partial charge < -0.3 is 16.2 Å². The lowest BCUT2D eigenvalue weighted by Gasteiger charge is -2.09. The highest BCUT2D eigenvalue weighted by Gasteiger charge is 2.01. The van der Waals surface area contributed by atoms with Crippen LogP contribution in [0.1, 0.15) is 25.3 Å². The highest BCUT2D eigenvalue weighted by molar-refractivity contribution is 5.44. The maximum absolute atomic E-state index is 9.07. The molecule has 5 heteroatoms. The van der Waals surface area contributed by atoms with Crippen molar-refractivity contribution in [1.29, 1.82) is 0 Å². The third kappa shape index (κ3) is 4.12. The first-order valence-corrected chi connectivity index (χ1v) is 5.10. The van der Waals surface area contributed by atoms with E-state index in [0.29, 0.717) is 0 Å². The molecule has 15 heavy (non-hydrogen) atoms. The van der Waals surface area contributed by atoms with Crippen LogP contribution in [0, 0.1) is 6.92 Å². The molecule has 0 aliphatic rings. The third-order valence-electron chi connectivity index (χ3n) is 2.08. The number of anilines is 2. The second-order valence-electron chi connectivity index (χ2n) is 3.68. The Morgan fingerprint density at radius 2 is 2.33 bits per heavy atom. The number of rotatable bonds is 5. The minimum absolute atomic E-state index is 0.247. The van der Waals surface area contributed by atoms with Gasteiger partial charge in [-0.2, -0.15) is 4.98 Å². The van der Waals surface area contributed by atoms with Crippen molar-refractivity contribution >= 4 is 11.8 Å². The van der Waals surface area contributed by atoms with E-state index in [2.05, 4.69) is 15.3 Å². The predicted octanol–water partition coefficient (Wildman–Crippen LogP) is 0.940. The van der Waals surface area contributed by atoms with Crippen LogP contribution in [0.4, 0.5) is 11.8 Å². The minimum atomic E-state index is -0.247. The fraction of sp³-hybridized carbons (Fsp3) is 0.600. The summed E-state index contributed by atoms with van der Waals surface area (Å²) in [5, 5.41) is 12.2. The van der Waals surface area contributed by atoms with Crippen molar-refractivity contribution in [3.05, 3.63) is 11.8 Å². The smallest absolute Gasteiger partial charge is 0.221 e. The molecule has 1 atom stereocenters. The van der Waals surface area contributed by atoms with Crippen LogP contribution in [0.15, 0.2) is 6.20 Å². The second kappa shape index (κ2) is 5.50. The molecule has 0 saturated carbocycles. The van der Waals surface area contributed by atoms with E-state index in [0.717, 1.165) is 30.8 Å². The maximum Gasteiger partial charge on any atom is 0.221 e. The Morgan fingerprint density at radius 1 is 1.60 bits per heavy atom. The molecular weight excluding hydrogens is 192 g/mol. The number of aromatic nitrogens is 2. The van der Waals surface area contributed by atoms with Crippen molar-refractivity contribution in [2.24, 2.45) is 0 Å². The molecule has 1 aromatic heterocycles. The van der Waals surface area contributed by atoms with Crippen LogP contribution in [0.2, 0.25) is 0 Å². The number of nitrogen functional groups attached to an aromatic ring is 1. The monoisotopic (exact) mass is 210 g/mol. The lowest BCUT2D eigenvalue weighted by atomic mass is 10.2. The van der Waals surface area contributed by atoms with Gasteiger partial charge in [0, 0.05) is 18.3 Å². The molecule has 0 aliphatic heterocycles. The standard InChI is InChI=1S/C10H18N4O/c1-7-6-13-10(11)14-9(7)12-5-3-4-8(2)15/h6,8,15H,3-5H2,1-2H3,(H3,11,12,13,14). The molecular formula is C10H18N4O. The van der Waals surface area contributed by atoms with E-state index < -0.39 is 0 Å². The Labute approximate surface area is 89.7 Å². The van der Waals surface area contributed by atoms with Gasteiger partial charge in [-0.1, -0.05) is 0 Å². The zero-order valence-electron chi connectivity index (χ0n) is 9.20. The van der Waals surface area contributed by atoms with E-state index in [-0.39, 0.29) is 12.1 Å². The molecule has 0 radical (unpaired) electrons. The van der Waals surface area contributed by atoms with Gasteiger partial charge in [-0.25, -0.2) is 4.98 Å². The van der Waals surface area contributed by atoms with E-state index in [1.165, 1.54) is 0 Å². The van der Waals surface area contributed by atoms with Crippen molar-refractivity contribution in [3.63, 3.8) is 0 Å². The van der Waals surface area contributed by atoms with E-state index in [9.17, 15) is 0 Å². The number of nitrogens with two attached hydrogens (primary N) is 1. The van der Waals surface area contributed by atoms with E-state index in [4.69, 9.17) is 10.8 Å². The van der Waals surface area contributed by atoms with Crippen molar-refractivity contribution < 1.29 is 5.11 Å². The summed E-state index contributed by atoms with van der Waals surface area (Å²) in [4.78, 5) is 7.96. The first kappa shape index (κ1) is 11.7. The summed E-state index contributed by atoms with van der Waals surface area (Å²) in [6, 6.07) is 0. The Bertz CT molecular complexity index is 314. The first-order valence-electron chi connectivity index (χ1n) is 5.10. The number of hydrogen-bond donors (Lipinski definition) is 3. The predicted molar refractivity (Wildman–Crippen MR) is 60.6 cm³/mol. The summed E-state index contributed by atoms with van der Waals surface area (Å²) in [6.45, 7) is 4.49. The Balaban J connectivity index is 2.40. The number of aliphatic hydroxyl groups is 1. The average Bonchev–Trinajstić information content (AvgIpc) is 2.17. The van der Waals surface area contributed by atoms with Gasteiger partial charge in [0.15, 0.2) is 0 Å². The second-order valence-corrected chi connectivity index (χ2v) is 3.68. The summed E-state index contributed by atoms with van der Waals surface area (Å²) >= 11 is 0. The number of nitrogens with one attached hydrogen (secondary N) is 1. The molecule has 0 saturated heterocycles. The summed E-state index contributed by atoms with van der Waals surface area (Å²) in [7, 11) is 0. The molecule has 4 N–H and O–H groups in total. The van der Waals surface area contributed by atoms with E-state index in [1.54, 1.807) is 13.1 Å². The molecule has 1 unspecified atom stereocenters. The van der Waals surface area contributed by atoms with E-state index in [1.807, 2.05) is 6.92 Å². The Morgan fingerprint density at radius 3 is 3.00 bits per heavy atom. The van der Waals surface area contributed by atoms with Crippen molar-refractivity contribution in [3.8, 4) is 0 Å². The Kier molecular flexibility index (Phi) is 4.30. The van der Waals surface area contributed by atoms with Crippen LogP contribution in [0.25, 0.3) is 0 Å². The van der Waals surface area contributed by atoms with Crippen molar-refractivity contribution in [2.75, 3.05) is 17.6 Å². The van der Waals surface area contributed by atoms with Crippen LogP contribution < -0.4 is 11.1 Å². The lowest BCUT2D eigenvalue weighted by Crippen LogP contribution is -2.09. The van der Waals surface area contributed by atoms with E-state index >= 15 is 0 Å². The summed E-state index contributed by atoms with van der Waals surface area (Å²) < 4.78 is 0. The first-order chi connectivity index (χ1) is 7.09. The fourth-order valence-corrected chi connectivity index (χ4v) is 1.24. The van der Waals surface area contributed by atoms with Gasteiger partial charge in [0.25, 0.3) is 0 Å². The molecule has 5 nitrogen and oxygen atoms in total. The van der Waals surface area contributed by atoms with Crippen LogP contribution in [-0.2, 0) is 0 Å². The molecule has 0 spiro atoms. The molecule has 0 aromatic carbocycles. The molecule has 0 aliphatic carbocycles. The topological polar surface area (TPSA) is 84.1 Å². The number of aryl methyl sites for hydroxylation is 1. The molecule has 0 bridgehead atoms. The summed E-state index contributed by atoms with van der Waals surface area (Å²) in [6.07, 6.45) is 3.14. The largest absolute Gasteiger partial charge is 0.393 e. The zero-order valence-corrected chi connectivity index (χ0v) is 9.20. The highest BCUT2D eigenvalue weighted by Crippen LogP contribution is 2.10. The maximum atomic E-state index is 9.07. The quantitative estimate of drug-likeness (QED) is 0.630. The molecule has 0 amide bonds. The zero-order chi connectivity index (χ0) is 11.3. The van der Waals surface area contributed by atoms with Gasteiger partial charge in [0.1, 0.15) is 5.82 Å². The third-order valence-corrected chi connectivity index (χ3v) is 2.08. The number of hydrogen-bond acceptors (Lipinski definition) is 5. The van der Waals surface area contributed by atoms with Gasteiger partial charge in [0.2, 0.25) is 5.95 Å². The van der Waals surface area contributed by atoms with Crippen molar-refractivity contribution in [1.82, 2.24) is 9.97 Å². The SMILES string of the molecule is Cc1cnc(N)nc1NCCCC(C)O. The van der Waals surface area contributed by atoms with Gasteiger partial charge >= 0.3 is 0 Å². The molecule has 0 fully saturated rings. The normalized spacial score (nSPS) is 12.5. The van der Waals surface area contributed by atoms with Crippen molar-refractivity contribution in [2.45, 2.75) is 32.8 Å². The lowest BCUT2D eigenvalue weighted by molar-refractivity contribution is 0.183. The average molecular weight is 210 g/mol. The molecule has 1 heterocycles. The van der Waals surface area contributed by atoms with Crippen LogP contribution in [-0.4, -0.2) is 27.7 Å². The summed E-state index contributed by atoms with van der Waals surface area (Å²) in [5.74, 6) is 1.05. The highest BCUT2D eigenvalue weighted by atomic mass is 16.3. The summed E-state index contributed by atoms with van der Waals surface area (Å²) in [5.41, 5.74) is 6.45. The fourth-order valence-electron chi connectivity index (χ4n) is 1.24. The number of aliphatic hydroxyl groups excluding tert-OH is 1. The van der Waals surface area contributed by atoms with Gasteiger partial charge in [-0.15, -0.1) is 0 Å². The van der Waals surface area contributed by atoms with Gasteiger partial charge in [-0.3, -0.25) is 0 Å². The van der Waals surface area contributed by atoms with Gasteiger partial charge in [0.05, 0.1) is 6.10 Å². The minimum Gasteiger partial charge on any atom is -0.393 e.